The average molecular weight is 485 g/mol. The third kappa shape index (κ3) is 4.78. The van der Waals surface area contributed by atoms with Crippen LogP contribution in [0.1, 0.15) is 55.2 Å². The first-order valence-corrected chi connectivity index (χ1v) is 14.0. The first-order chi connectivity index (χ1) is 16.4. The monoisotopic (exact) mass is 484 g/mol. The highest BCUT2D eigenvalue weighted by Crippen LogP contribution is 2.31. The number of carbonyl (C=O) groups is 1. The van der Waals surface area contributed by atoms with Crippen LogP contribution in [0.5, 0.6) is 0 Å². The van der Waals surface area contributed by atoms with Gasteiger partial charge in [-0.15, -0.1) is 0 Å². The molecule has 2 saturated heterocycles. The molecule has 2 aromatic rings. The van der Waals surface area contributed by atoms with Crippen molar-refractivity contribution in [1.82, 2.24) is 9.21 Å². The van der Waals surface area contributed by atoms with E-state index in [1.807, 2.05) is 23.1 Å². The summed E-state index contributed by atoms with van der Waals surface area (Å²) in [4.78, 5) is 15.7. The van der Waals surface area contributed by atoms with E-state index >= 15 is 0 Å². The van der Waals surface area contributed by atoms with Crippen LogP contribution in [-0.4, -0.2) is 49.2 Å². The fourth-order valence-electron chi connectivity index (χ4n) is 5.87. The number of rotatable bonds is 5. The summed E-state index contributed by atoms with van der Waals surface area (Å²) in [7, 11) is -3.55. The van der Waals surface area contributed by atoms with Crippen molar-refractivity contribution in [2.24, 2.45) is 5.92 Å². The van der Waals surface area contributed by atoms with Crippen LogP contribution in [0.3, 0.4) is 0 Å². The lowest BCUT2D eigenvalue weighted by atomic mass is 9.92. The van der Waals surface area contributed by atoms with Crippen LogP contribution < -0.4 is 0 Å². The predicted octanol–water partition coefficient (Wildman–Crippen LogP) is 4.34. The van der Waals surface area contributed by atoms with Crippen molar-refractivity contribution in [3.05, 3.63) is 65.0 Å². The Kier molecular flexibility index (Phi) is 6.76. The normalized spacial score (nSPS) is 22.0. The summed E-state index contributed by atoms with van der Waals surface area (Å²) in [5.41, 5.74) is 3.35. The summed E-state index contributed by atoms with van der Waals surface area (Å²) in [5.74, 6) is -0.270. The Morgan fingerprint density at radius 1 is 0.912 bits per heavy atom. The Labute approximate surface area is 202 Å². The number of sulfonamides is 1. The number of fused-ring (bicyclic) bond motifs is 1. The van der Waals surface area contributed by atoms with E-state index < -0.39 is 10.0 Å². The zero-order valence-corrected chi connectivity index (χ0v) is 20.4. The van der Waals surface area contributed by atoms with Crippen molar-refractivity contribution in [1.29, 1.82) is 0 Å². The Bertz CT molecular complexity index is 1160. The number of halogens is 1. The van der Waals surface area contributed by atoms with Gasteiger partial charge in [-0.3, -0.25) is 4.79 Å². The van der Waals surface area contributed by atoms with Gasteiger partial charge in [0, 0.05) is 31.6 Å². The van der Waals surface area contributed by atoms with Crippen molar-refractivity contribution in [3.8, 4) is 0 Å². The summed E-state index contributed by atoms with van der Waals surface area (Å²) in [6.45, 7) is 1.48. The van der Waals surface area contributed by atoms with E-state index in [-0.39, 0.29) is 23.7 Å². The summed E-state index contributed by atoms with van der Waals surface area (Å²) in [6, 6.07) is 12.3. The molecule has 1 atom stereocenters. The van der Waals surface area contributed by atoms with E-state index in [1.165, 1.54) is 18.1 Å². The van der Waals surface area contributed by atoms with E-state index in [0.29, 0.717) is 37.2 Å². The largest absolute Gasteiger partial charge is 0.339 e. The van der Waals surface area contributed by atoms with Crippen molar-refractivity contribution in [2.75, 3.05) is 19.6 Å². The van der Waals surface area contributed by atoms with Gasteiger partial charge in [-0.05, 0) is 98.7 Å². The molecular formula is C27H33FN2O3S. The van der Waals surface area contributed by atoms with Gasteiger partial charge >= 0.3 is 0 Å². The number of amides is 1. The molecule has 1 unspecified atom stereocenters. The SMILES string of the molecule is O=C(C1CCN(S(=O)(=O)c2ccc3c(c2)CCCC3)CC1)N1CCCC1Cc1cccc(F)c1. The maximum Gasteiger partial charge on any atom is 0.243 e. The number of carbonyl (C=O) groups excluding carboxylic acids is 1. The third-order valence-corrected chi connectivity index (χ3v) is 9.68. The molecule has 5 nitrogen and oxygen atoms in total. The molecule has 0 saturated carbocycles. The molecule has 0 radical (unpaired) electrons. The van der Waals surface area contributed by atoms with Crippen LogP contribution >= 0.6 is 0 Å². The van der Waals surface area contributed by atoms with Crippen LogP contribution in [-0.2, 0) is 34.1 Å². The van der Waals surface area contributed by atoms with Gasteiger partial charge in [0.15, 0.2) is 0 Å². The molecule has 7 heteroatoms. The Morgan fingerprint density at radius 2 is 1.68 bits per heavy atom. The smallest absolute Gasteiger partial charge is 0.243 e. The highest BCUT2D eigenvalue weighted by Gasteiger charge is 2.37. The number of benzene rings is 2. The molecule has 2 aliphatic heterocycles. The molecule has 0 N–H and O–H groups in total. The molecule has 1 amide bonds. The van der Waals surface area contributed by atoms with Gasteiger partial charge in [-0.1, -0.05) is 18.2 Å². The first kappa shape index (κ1) is 23.5. The molecule has 182 valence electrons. The maximum absolute atomic E-state index is 13.6. The summed E-state index contributed by atoms with van der Waals surface area (Å²) in [6.07, 6.45) is 7.89. The van der Waals surface area contributed by atoms with Crippen LogP contribution in [0.15, 0.2) is 47.4 Å². The van der Waals surface area contributed by atoms with Gasteiger partial charge in [0.05, 0.1) is 4.90 Å². The number of piperidine rings is 1. The minimum absolute atomic E-state index is 0.0894. The minimum atomic E-state index is -3.55. The zero-order chi connectivity index (χ0) is 23.7. The topological polar surface area (TPSA) is 57.7 Å². The number of aryl methyl sites for hydroxylation is 2. The van der Waals surface area contributed by atoms with Gasteiger partial charge in [-0.25, -0.2) is 12.8 Å². The van der Waals surface area contributed by atoms with E-state index in [1.54, 1.807) is 22.5 Å². The van der Waals surface area contributed by atoms with Crippen molar-refractivity contribution < 1.29 is 17.6 Å². The molecule has 2 aromatic carbocycles. The van der Waals surface area contributed by atoms with Crippen LogP contribution in [0.25, 0.3) is 0 Å². The minimum Gasteiger partial charge on any atom is -0.339 e. The molecule has 3 aliphatic rings. The summed E-state index contributed by atoms with van der Waals surface area (Å²) >= 11 is 0. The fraction of sp³-hybridized carbons (Fsp3) is 0.519. The number of nitrogens with zero attached hydrogens (tertiary/aromatic N) is 2. The van der Waals surface area contributed by atoms with Crippen LogP contribution in [0, 0.1) is 11.7 Å². The molecule has 2 heterocycles. The highest BCUT2D eigenvalue weighted by molar-refractivity contribution is 7.89. The molecule has 0 spiro atoms. The molecular weight excluding hydrogens is 451 g/mol. The van der Waals surface area contributed by atoms with Crippen molar-refractivity contribution in [3.63, 3.8) is 0 Å². The van der Waals surface area contributed by atoms with Crippen LogP contribution in [0.4, 0.5) is 4.39 Å². The average Bonchev–Trinajstić information content (AvgIpc) is 3.31. The fourth-order valence-corrected chi connectivity index (χ4v) is 7.39. The molecule has 1 aliphatic carbocycles. The summed E-state index contributed by atoms with van der Waals surface area (Å²) < 4.78 is 41.7. The number of hydrogen-bond donors (Lipinski definition) is 0. The van der Waals surface area contributed by atoms with Gasteiger partial charge in [0.1, 0.15) is 5.82 Å². The third-order valence-electron chi connectivity index (χ3n) is 7.78. The first-order valence-electron chi connectivity index (χ1n) is 12.6. The van der Waals surface area contributed by atoms with Gasteiger partial charge in [0.25, 0.3) is 0 Å². The highest BCUT2D eigenvalue weighted by atomic mass is 32.2. The van der Waals surface area contributed by atoms with Gasteiger partial charge in [0.2, 0.25) is 15.9 Å². The van der Waals surface area contributed by atoms with Crippen molar-refractivity contribution in [2.45, 2.75) is 68.7 Å². The Balaban J connectivity index is 1.22. The lowest BCUT2D eigenvalue weighted by Gasteiger charge is -2.34. The predicted molar refractivity (Wildman–Crippen MR) is 129 cm³/mol. The maximum atomic E-state index is 13.6. The van der Waals surface area contributed by atoms with E-state index in [2.05, 4.69) is 0 Å². The lowest BCUT2D eigenvalue weighted by molar-refractivity contribution is -0.137. The Morgan fingerprint density at radius 3 is 2.44 bits per heavy atom. The molecule has 5 rings (SSSR count). The van der Waals surface area contributed by atoms with Crippen molar-refractivity contribution >= 4 is 15.9 Å². The second-order valence-electron chi connectivity index (χ2n) is 9.98. The lowest BCUT2D eigenvalue weighted by Crippen LogP contribution is -2.46. The second kappa shape index (κ2) is 9.78. The Hall–Kier alpha value is -2.25. The molecule has 2 fully saturated rings. The number of likely N-dealkylation sites (tertiary alicyclic amines) is 1. The van der Waals surface area contributed by atoms with Gasteiger partial charge < -0.3 is 4.90 Å². The van der Waals surface area contributed by atoms with E-state index in [0.717, 1.165) is 49.8 Å². The van der Waals surface area contributed by atoms with E-state index in [9.17, 15) is 17.6 Å². The zero-order valence-electron chi connectivity index (χ0n) is 19.6. The molecule has 34 heavy (non-hydrogen) atoms. The quantitative estimate of drug-likeness (QED) is 0.635. The summed E-state index contributed by atoms with van der Waals surface area (Å²) in [5, 5.41) is 0. The van der Waals surface area contributed by atoms with Gasteiger partial charge in [-0.2, -0.15) is 4.31 Å². The molecule has 0 bridgehead atoms. The van der Waals surface area contributed by atoms with Crippen LogP contribution in [0.2, 0.25) is 0 Å². The standard InChI is InChI=1S/C27H33FN2O3S/c28-24-8-3-5-20(17-24)18-25-9-4-14-30(25)27(31)22-12-15-29(16-13-22)34(32,33)26-11-10-21-6-1-2-7-23(21)19-26/h3,5,8,10-11,17,19,22,25H,1-2,4,6-7,9,12-16,18H2. The molecule has 0 aromatic heterocycles. The number of hydrogen-bond acceptors (Lipinski definition) is 3. The van der Waals surface area contributed by atoms with E-state index in [4.69, 9.17) is 0 Å². The second-order valence-corrected chi connectivity index (χ2v) is 11.9.